The number of hydrogen-bond donors (Lipinski definition) is 2. The Bertz CT molecular complexity index is 640. The van der Waals surface area contributed by atoms with Crippen LogP contribution in [-0.2, 0) is 4.79 Å². The first-order valence-electron chi connectivity index (χ1n) is 6.58. The number of amides is 1. The average Bonchev–Trinajstić information content (AvgIpc) is 2.88. The lowest BCUT2D eigenvalue weighted by Crippen LogP contribution is -2.14. The van der Waals surface area contributed by atoms with Gasteiger partial charge in [-0.05, 0) is 24.6 Å². The van der Waals surface area contributed by atoms with Gasteiger partial charge in [0.1, 0.15) is 0 Å². The third kappa shape index (κ3) is 4.22. The number of nitrogen functional groups attached to an aromatic ring is 1. The van der Waals surface area contributed by atoms with Crippen LogP contribution in [0.4, 0.5) is 11.7 Å². The Morgan fingerprint density at radius 2 is 2.19 bits per heavy atom. The number of aryl methyl sites for hydroxylation is 1. The summed E-state index contributed by atoms with van der Waals surface area (Å²) in [7, 11) is 0. The van der Waals surface area contributed by atoms with E-state index in [0.717, 1.165) is 10.5 Å². The molecule has 0 aliphatic heterocycles. The van der Waals surface area contributed by atoms with E-state index in [9.17, 15) is 4.79 Å². The predicted octanol–water partition coefficient (Wildman–Crippen LogP) is 2.81. The molecule has 112 valence electrons. The number of carbonyl (C=O) groups excluding carboxylic acids is 1. The largest absolute Gasteiger partial charge is 0.408 e. The van der Waals surface area contributed by atoms with Crippen molar-refractivity contribution in [3.8, 4) is 0 Å². The van der Waals surface area contributed by atoms with Gasteiger partial charge in [0.15, 0.2) is 0 Å². The Hall–Kier alpha value is -2.02. The zero-order valence-corrected chi connectivity index (χ0v) is 13.0. The number of nitrogens with zero attached hydrogens (tertiary/aromatic N) is 2. The average molecular weight is 306 g/mol. The lowest BCUT2D eigenvalue weighted by molar-refractivity contribution is -0.113. The van der Waals surface area contributed by atoms with Crippen LogP contribution in [0.1, 0.15) is 31.2 Å². The molecule has 0 fully saturated rings. The van der Waals surface area contributed by atoms with E-state index in [4.69, 9.17) is 10.2 Å². The predicted molar refractivity (Wildman–Crippen MR) is 83.3 cm³/mol. The Morgan fingerprint density at radius 1 is 1.43 bits per heavy atom. The minimum absolute atomic E-state index is 0.132. The molecule has 1 aromatic heterocycles. The van der Waals surface area contributed by atoms with Gasteiger partial charge in [-0.1, -0.05) is 25.0 Å². The third-order valence-corrected chi connectivity index (χ3v) is 3.91. The third-order valence-electron chi connectivity index (χ3n) is 2.75. The molecule has 0 spiro atoms. The maximum absolute atomic E-state index is 11.9. The van der Waals surface area contributed by atoms with Crippen LogP contribution >= 0.6 is 11.8 Å². The summed E-state index contributed by atoms with van der Waals surface area (Å²) in [6.45, 7) is 5.86. The molecule has 6 nitrogen and oxygen atoms in total. The molecule has 0 atom stereocenters. The van der Waals surface area contributed by atoms with Crippen LogP contribution in [0.2, 0.25) is 0 Å². The van der Waals surface area contributed by atoms with Gasteiger partial charge in [0.05, 0.1) is 5.75 Å². The van der Waals surface area contributed by atoms with Crippen LogP contribution in [0, 0.1) is 6.92 Å². The van der Waals surface area contributed by atoms with Crippen molar-refractivity contribution >= 4 is 29.4 Å². The molecule has 21 heavy (non-hydrogen) atoms. The molecular weight excluding hydrogens is 288 g/mol. The normalized spacial score (nSPS) is 10.9. The number of benzene rings is 1. The summed E-state index contributed by atoms with van der Waals surface area (Å²) in [5.41, 5.74) is 7.51. The summed E-state index contributed by atoms with van der Waals surface area (Å²) in [4.78, 5) is 12.9. The highest BCUT2D eigenvalue weighted by molar-refractivity contribution is 8.00. The number of nitrogens with two attached hydrogens (primary N) is 1. The summed E-state index contributed by atoms with van der Waals surface area (Å²) in [5, 5.41) is 10.2. The van der Waals surface area contributed by atoms with Gasteiger partial charge in [-0.15, -0.1) is 16.9 Å². The highest BCUT2D eigenvalue weighted by Crippen LogP contribution is 2.24. The van der Waals surface area contributed by atoms with E-state index in [1.165, 1.54) is 11.8 Å². The lowest BCUT2D eigenvalue weighted by atomic mass is 10.2. The molecule has 0 saturated heterocycles. The first kappa shape index (κ1) is 15.4. The molecule has 0 radical (unpaired) electrons. The first-order chi connectivity index (χ1) is 9.95. The number of aromatic nitrogens is 2. The van der Waals surface area contributed by atoms with Gasteiger partial charge >= 0.3 is 6.01 Å². The van der Waals surface area contributed by atoms with Crippen molar-refractivity contribution in [2.45, 2.75) is 31.6 Å². The number of thioether (sulfide) groups is 1. The minimum atomic E-state index is -0.194. The second kappa shape index (κ2) is 6.62. The maximum Gasteiger partial charge on any atom is 0.322 e. The van der Waals surface area contributed by atoms with Crippen molar-refractivity contribution in [3.05, 3.63) is 29.7 Å². The van der Waals surface area contributed by atoms with Crippen LogP contribution in [0.5, 0.6) is 0 Å². The quantitative estimate of drug-likeness (QED) is 0.651. The molecule has 0 aliphatic carbocycles. The van der Waals surface area contributed by atoms with E-state index >= 15 is 0 Å². The first-order valence-corrected chi connectivity index (χ1v) is 7.56. The van der Waals surface area contributed by atoms with Gasteiger partial charge < -0.3 is 10.2 Å². The summed E-state index contributed by atoms with van der Waals surface area (Å²) < 4.78 is 5.33. The van der Waals surface area contributed by atoms with E-state index in [1.807, 2.05) is 39.0 Å². The molecular formula is C14H18N4O2S. The summed E-state index contributed by atoms with van der Waals surface area (Å²) in [5.74, 6) is 0.696. The fourth-order valence-electron chi connectivity index (χ4n) is 1.59. The minimum Gasteiger partial charge on any atom is -0.408 e. The molecule has 7 heteroatoms. The van der Waals surface area contributed by atoms with Crippen molar-refractivity contribution in [2.75, 3.05) is 16.8 Å². The van der Waals surface area contributed by atoms with Crippen molar-refractivity contribution in [1.29, 1.82) is 0 Å². The Morgan fingerprint density at radius 3 is 2.86 bits per heavy atom. The van der Waals surface area contributed by atoms with Gasteiger partial charge in [-0.2, -0.15) is 0 Å². The van der Waals surface area contributed by atoms with Gasteiger partial charge in [0.2, 0.25) is 11.8 Å². The molecule has 1 amide bonds. The smallest absolute Gasteiger partial charge is 0.322 e. The van der Waals surface area contributed by atoms with Crippen molar-refractivity contribution in [1.82, 2.24) is 10.2 Å². The zero-order valence-electron chi connectivity index (χ0n) is 12.2. The van der Waals surface area contributed by atoms with Crippen molar-refractivity contribution in [2.24, 2.45) is 0 Å². The Balaban J connectivity index is 1.91. The summed E-state index contributed by atoms with van der Waals surface area (Å²) >= 11 is 1.42. The topological polar surface area (TPSA) is 94.0 Å². The van der Waals surface area contributed by atoms with Crippen molar-refractivity contribution < 1.29 is 9.21 Å². The monoisotopic (exact) mass is 306 g/mol. The second-order valence-corrected chi connectivity index (χ2v) is 5.98. The van der Waals surface area contributed by atoms with E-state index in [2.05, 4.69) is 15.5 Å². The highest BCUT2D eigenvalue weighted by atomic mass is 32.2. The van der Waals surface area contributed by atoms with Gasteiger partial charge in [-0.3, -0.25) is 10.1 Å². The fourth-order valence-corrected chi connectivity index (χ4v) is 2.46. The standard InChI is InChI=1S/C14H18N4O2S/c1-8(2)13-17-18-14(20-13)16-12(19)7-21-11-6-10(15)5-4-9(11)3/h4-6,8H,7,15H2,1-3H3,(H,16,18,19). The molecule has 2 aromatic rings. The van der Waals surface area contributed by atoms with Gasteiger partial charge in [0, 0.05) is 16.5 Å². The number of carbonyl (C=O) groups is 1. The lowest BCUT2D eigenvalue weighted by Gasteiger charge is -2.06. The fraction of sp³-hybridized carbons (Fsp3) is 0.357. The Kier molecular flexibility index (Phi) is 4.85. The molecule has 0 unspecified atom stereocenters. The summed E-state index contributed by atoms with van der Waals surface area (Å²) in [6.07, 6.45) is 0. The number of nitrogens with one attached hydrogen (secondary N) is 1. The van der Waals surface area contributed by atoms with Crippen LogP contribution in [0.3, 0.4) is 0 Å². The van der Waals surface area contributed by atoms with Crippen LogP contribution < -0.4 is 11.1 Å². The van der Waals surface area contributed by atoms with E-state index in [0.29, 0.717) is 11.6 Å². The molecule has 2 rings (SSSR count). The SMILES string of the molecule is Cc1ccc(N)cc1SCC(=O)Nc1nnc(C(C)C)o1. The van der Waals surface area contributed by atoms with Crippen LogP contribution in [0.25, 0.3) is 0 Å². The molecule has 3 N–H and O–H groups in total. The van der Waals surface area contributed by atoms with E-state index in [-0.39, 0.29) is 23.6 Å². The van der Waals surface area contributed by atoms with E-state index < -0.39 is 0 Å². The summed E-state index contributed by atoms with van der Waals surface area (Å²) in [6, 6.07) is 5.76. The van der Waals surface area contributed by atoms with Gasteiger partial charge in [-0.25, -0.2) is 0 Å². The molecule has 0 bridgehead atoms. The zero-order chi connectivity index (χ0) is 15.4. The van der Waals surface area contributed by atoms with E-state index in [1.54, 1.807) is 0 Å². The molecule has 0 aliphatic rings. The highest BCUT2D eigenvalue weighted by Gasteiger charge is 2.12. The number of hydrogen-bond acceptors (Lipinski definition) is 6. The molecule has 1 aromatic carbocycles. The van der Waals surface area contributed by atoms with Crippen LogP contribution in [0.15, 0.2) is 27.5 Å². The number of rotatable bonds is 5. The van der Waals surface area contributed by atoms with Gasteiger partial charge in [0.25, 0.3) is 0 Å². The molecule has 0 saturated carbocycles. The second-order valence-electron chi connectivity index (χ2n) is 4.96. The maximum atomic E-state index is 11.9. The van der Waals surface area contributed by atoms with Crippen LogP contribution in [-0.4, -0.2) is 21.9 Å². The van der Waals surface area contributed by atoms with Crippen molar-refractivity contribution in [3.63, 3.8) is 0 Å². The number of anilines is 2. The molecule has 1 heterocycles. The Labute approximate surface area is 127 Å².